The van der Waals surface area contributed by atoms with Crippen LogP contribution in [-0.4, -0.2) is 41.3 Å². The van der Waals surface area contributed by atoms with Crippen LogP contribution in [0.15, 0.2) is 30.5 Å². The van der Waals surface area contributed by atoms with Crippen LogP contribution in [0.4, 0.5) is 8.78 Å². The van der Waals surface area contributed by atoms with Gasteiger partial charge in [0.25, 0.3) is 12.3 Å². The molecule has 168 valence electrons. The normalized spacial score (nSPS) is 27.4. The van der Waals surface area contributed by atoms with E-state index in [1.54, 1.807) is 11.8 Å². The second-order valence-electron chi connectivity index (χ2n) is 9.22. The number of allylic oxidation sites excluding steroid dienone is 1. The van der Waals surface area contributed by atoms with E-state index in [2.05, 4.69) is 23.3 Å². The van der Waals surface area contributed by atoms with Gasteiger partial charge in [-0.3, -0.25) is 9.59 Å². The van der Waals surface area contributed by atoms with E-state index in [1.165, 1.54) is 0 Å². The molecule has 7 heteroatoms. The molecular weight excluding hydrogens is 400 g/mol. The molecule has 2 unspecified atom stereocenters. The third-order valence-corrected chi connectivity index (χ3v) is 6.96. The van der Waals surface area contributed by atoms with Gasteiger partial charge >= 0.3 is 0 Å². The Morgan fingerprint density at radius 1 is 1.23 bits per heavy atom. The fourth-order valence-corrected chi connectivity index (χ4v) is 5.22. The Bertz CT molecular complexity index is 872. The van der Waals surface area contributed by atoms with Gasteiger partial charge in [0.2, 0.25) is 5.91 Å². The van der Waals surface area contributed by atoms with E-state index in [1.807, 2.05) is 12.1 Å². The number of benzene rings is 1. The highest BCUT2D eigenvalue weighted by molar-refractivity contribution is 6.01. The van der Waals surface area contributed by atoms with Gasteiger partial charge in [0.1, 0.15) is 6.04 Å². The van der Waals surface area contributed by atoms with Crippen LogP contribution in [0.1, 0.15) is 66.9 Å². The number of nitrogens with one attached hydrogen (secondary N) is 2. The summed E-state index contributed by atoms with van der Waals surface area (Å²) >= 11 is 0. The molecule has 4 atom stereocenters. The maximum Gasteiger partial charge on any atom is 0.255 e. The minimum Gasteiger partial charge on any atom is -0.329 e. The lowest BCUT2D eigenvalue weighted by Gasteiger charge is -2.34. The fourth-order valence-electron chi connectivity index (χ4n) is 5.22. The predicted molar refractivity (Wildman–Crippen MR) is 115 cm³/mol. The molecule has 0 aromatic heterocycles. The topological polar surface area (TPSA) is 61.4 Å². The van der Waals surface area contributed by atoms with Crippen molar-refractivity contribution >= 4 is 11.8 Å². The van der Waals surface area contributed by atoms with Crippen LogP contribution >= 0.6 is 0 Å². The Balaban J connectivity index is 1.45. The zero-order valence-corrected chi connectivity index (χ0v) is 18.0. The maximum atomic E-state index is 13.0. The summed E-state index contributed by atoms with van der Waals surface area (Å²) in [5.74, 6) is 0.0374. The Kier molecular flexibility index (Phi) is 6.42. The monoisotopic (exact) mass is 431 g/mol. The number of carbonyl (C=O) groups excluding carboxylic acids is 2. The van der Waals surface area contributed by atoms with E-state index in [9.17, 15) is 18.4 Å². The zero-order chi connectivity index (χ0) is 22.1. The predicted octanol–water partition coefficient (Wildman–Crippen LogP) is 3.78. The summed E-state index contributed by atoms with van der Waals surface area (Å²) in [6, 6.07) is 4.72. The van der Waals surface area contributed by atoms with E-state index in [-0.39, 0.29) is 17.9 Å². The summed E-state index contributed by atoms with van der Waals surface area (Å²) in [5, 5.41) is 5.90. The van der Waals surface area contributed by atoms with Gasteiger partial charge in [-0.15, -0.1) is 0 Å². The van der Waals surface area contributed by atoms with E-state index in [0.717, 1.165) is 43.2 Å². The van der Waals surface area contributed by atoms with Crippen molar-refractivity contribution < 1.29 is 18.4 Å². The molecule has 5 nitrogen and oxygen atoms in total. The quantitative estimate of drug-likeness (QED) is 0.721. The highest BCUT2D eigenvalue weighted by atomic mass is 19.3. The van der Waals surface area contributed by atoms with Crippen molar-refractivity contribution in [2.45, 2.75) is 83.0 Å². The van der Waals surface area contributed by atoms with Crippen LogP contribution in [0.2, 0.25) is 0 Å². The number of hydrogen-bond donors (Lipinski definition) is 2. The SMILES string of the molecule is C=C1CCC(N2Cc3cc(C[C@H]4CCCC[C@@H]4NC(C)C(F)F)ccc3C2=O)C(=O)N1. The van der Waals surface area contributed by atoms with Crippen LogP contribution in [0.25, 0.3) is 0 Å². The Hall–Kier alpha value is -2.28. The molecule has 0 spiro atoms. The first-order chi connectivity index (χ1) is 14.8. The second-order valence-corrected chi connectivity index (χ2v) is 9.22. The lowest BCUT2D eigenvalue weighted by molar-refractivity contribution is -0.126. The molecule has 1 saturated heterocycles. The lowest BCUT2D eigenvalue weighted by Crippen LogP contribution is -2.49. The van der Waals surface area contributed by atoms with Gasteiger partial charge in [-0.1, -0.05) is 31.6 Å². The summed E-state index contributed by atoms with van der Waals surface area (Å²) in [7, 11) is 0. The van der Waals surface area contributed by atoms with Crippen LogP contribution in [0.3, 0.4) is 0 Å². The molecule has 1 aromatic rings. The average Bonchev–Trinajstić information content (AvgIpc) is 3.05. The van der Waals surface area contributed by atoms with Crippen molar-refractivity contribution in [2.24, 2.45) is 5.92 Å². The van der Waals surface area contributed by atoms with Crippen LogP contribution in [0.5, 0.6) is 0 Å². The van der Waals surface area contributed by atoms with E-state index < -0.39 is 18.5 Å². The van der Waals surface area contributed by atoms with Crippen LogP contribution in [-0.2, 0) is 17.8 Å². The highest BCUT2D eigenvalue weighted by Crippen LogP contribution is 2.32. The van der Waals surface area contributed by atoms with E-state index in [4.69, 9.17) is 0 Å². The Morgan fingerprint density at radius 3 is 2.74 bits per heavy atom. The van der Waals surface area contributed by atoms with Gasteiger partial charge in [-0.05, 0) is 62.1 Å². The van der Waals surface area contributed by atoms with Gasteiger partial charge in [-0.25, -0.2) is 8.78 Å². The van der Waals surface area contributed by atoms with Crippen molar-refractivity contribution in [2.75, 3.05) is 0 Å². The zero-order valence-electron chi connectivity index (χ0n) is 18.0. The largest absolute Gasteiger partial charge is 0.329 e. The van der Waals surface area contributed by atoms with Gasteiger partial charge in [-0.2, -0.15) is 0 Å². The van der Waals surface area contributed by atoms with Crippen molar-refractivity contribution in [3.63, 3.8) is 0 Å². The molecule has 1 saturated carbocycles. The van der Waals surface area contributed by atoms with Crippen molar-refractivity contribution in [3.8, 4) is 0 Å². The molecule has 2 heterocycles. The van der Waals surface area contributed by atoms with Gasteiger partial charge < -0.3 is 15.5 Å². The number of fused-ring (bicyclic) bond motifs is 1. The summed E-state index contributed by atoms with van der Waals surface area (Å²) in [6.45, 7) is 5.78. The summed E-state index contributed by atoms with van der Waals surface area (Å²) in [4.78, 5) is 26.9. The van der Waals surface area contributed by atoms with Crippen LogP contribution in [0, 0.1) is 5.92 Å². The molecule has 2 amide bonds. The Morgan fingerprint density at radius 2 is 2.00 bits per heavy atom. The molecule has 2 fully saturated rings. The standard InChI is InChI=1S/C24H31F2N3O2/c1-14-7-10-21(23(30)27-14)29-13-18-12-16(8-9-19(18)24(29)31)11-17-5-3-4-6-20(17)28-15(2)22(25)26/h8-9,12,15,17,20-22,28H,1,3-7,10-11,13H2,2H3,(H,27,30)/t15?,17-,20+,21?/m1/s1. The number of rotatable bonds is 6. The molecule has 3 aliphatic rings. The molecular formula is C24H31F2N3O2. The number of alkyl halides is 2. The first-order valence-electron chi connectivity index (χ1n) is 11.3. The number of hydrogen-bond acceptors (Lipinski definition) is 3. The number of halogens is 2. The average molecular weight is 432 g/mol. The first-order valence-corrected chi connectivity index (χ1v) is 11.3. The molecule has 0 radical (unpaired) electrons. The third-order valence-electron chi connectivity index (χ3n) is 6.96. The van der Waals surface area contributed by atoms with Gasteiger partial charge in [0.05, 0.1) is 6.04 Å². The number of carbonyl (C=O) groups is 2. The van der Waals surface area contributed by atoms with Gasteiger partial charge in [0, 0.05) is 23.8 Å². The minimum atomic E-state index is -2.37. The number of piperidine rings is 1. The summed E-state index contributed by atoms with van der Waals surface area (Å²) < 4.78 is 26.1. The second kappa shape index (κ2) is 9.07. The summed E-state index contributed by atoms with van der Waals surface area (Å²) in [5.41, 5.74) is 3.43. The summed E-state index contributed by atoms with van der Waals surface area (Å²) in [6.07, 6.45) is 3.82. The minimum absolute atomic E-state index is 0.0863. The van der Waals surface area contributed by atoms with Crippen molar-refractivity contribution in [1.82, 2.24) is 15.5 Å². The molecule has 2 aliphatic heterocycles. The van der Waals surface area contributed by atoms with E-state index >= 15 is 0 Å². The van der Waals surface area contributed by atoms with Crippen molar-refractivity contribution in [1.29, 1.82) is 0 Å². The lowest BCUT2D eigenvalue weighted by atomic mass is 9.80. The molecule has 2 N–H and O–H groups in total. The fraction of sp³-hybridized carbons (Fsp3) is 0.583. The molecule has 0 bridgehead atoms. The number of amides is 2. The van der Waals surface area contributed by atoms with Crippen molar-refractivity contribution in [3.05, 3.63) is 47.2 Å². The highest BCUT2D eigenvalue weighted by Gasteiger charge is 2.38. The molecule has 31 heavy (non-hydrogen) atoms. The smallest absolute Gasteiger partial charge is 0.255 e. The first kappa shape index (κ1) is 21.9. The van der Waals surface area contributed by atoms with Gasteiger partial charge in [0.15, 0.2) is 0 Å². The van der Waals surface area contributed by atoms with Crippen LogP contribution < -0.4 is 10.6 Å². The third kappa shape index (κ3) is 4.66. The Labute approximate surface area is 182 Å². The molecule has 1 aliphatic carbocycles. The number of nitrogens with zero attached hydrogens (tertiary/aromatic N) is 1. The maximum absolute atomic E-state index is 13.0. The molecule has 1 aromatic carbocycles. The molecule has 4 rings (SSSR count). The van der Waals surface area contributed by atoms with E-state index in [0.29, 0.717) is 36.6 Å².